The summed E-state index contributed by atoms with van der Waals surface area (Å²) in [4.78, 5) is 8.71. The van der Waals surface area contributed by atoms with Gasteiger partial charge in [0.25, 0.3) is 0 Å². The highest BCUT2D eigenvalue weighted by molar-refractivity contribution is 5.78. The van der Waals surface area contributed by atoms with E-state index in [0.29, 0.717) is 5.89 Å². The van der Waals surface area contributed by atoms with Crippen molar-refractivity contribution in [1.82, 2.24) is 19.7 Å². The van der Waals surface area contributed by atoms with E-state index in [1.54, 1.807) is 6.33 Å². The van der Waals surface area contributed by atoms with Crippen molar-refractivity contribution >= 4 is 11.1 Å². The molecule has 108 valence electrons. The number of fused-ring (bicyclic) bond motifs is 1. The third kappa shape index (κ3) is 2.07. The summed E-state index contributed by atoms with van der Waals surface area (Å²) < 4.78 is 7.43. The predicted molar refractivity (Wildman–Crippen MR) is 83.8 cm³/mol. The zero-order valence-electron chi connectivity index (χ0n) is 12.3. The highest BCUT2D eigenvalue weighted by Gasteiger charge is 2.11. The second-order valence-electron chi connectivity index (χ2n) is 5.25. The van der Waals surface area contributed by atoms with Crippen LogP contribution in [0.1, 0.15) is 11.5 Å². The van der Waals surface area contributed by atoms with Crippen LogP contribution in [0.2, 0.25) is 0 Å². The van der Waals surface area contributed by atoms with Gasteiger partial charge in [-0.25, -0.2) is 14.6 Å². The fraction of sp³-hybridized carbons (Fsp3) is 0.118. The van der Waals surface area contributed by atoms with Crippen LogP contribution in [0, 0.1) is 13.8 Å². The third-order valence-electron chi connectivity index (χ3n) is 3.55. The van der Waals surface area contributed by atoms with Gasteiger partial charge in [0.2, 0.25) is 0 Å². The van der Waals surface area contributed by atoms with Gasteiger partial charge in [-0.2, -0.15) is 5.10 Å². The van der Waals surface area contributed by atoms with Gasteiger partial charge in [-0.1, -0.05) is 12.1 Å². The van der Waals surface area contributed by atoms with E-state index in [1.165, 1.54) is 5.56 Å². The Morgan fingerprint density at radius 1 is 1.05 bits per heavy atom. The van der Waals surface area contributed by atoms with Crippen LogP contribution in [-0.4, -0.2) is 19.7 Å². The molecule has 2 heterocycles. The average Bonchev–Trinajstić information content (AvgIpc) is 3.11. The van der Waals surface area contributed by atoms with E-state index in [1.807, 2.05) is 41.9 Å². The van der Waals surface area contributed by atoms with Crippen molar-refractivity contribution in [2.75, 3.05) is 0 Å². The van der Waals surface area contributed by atoms with E-state index in [0.717, 1.165) is 28.2 Å². The van der Waals surface area contributed by atoms with Crippen molar-refractivity contribution in [2.45, 2.75) is 13.8 Å². The first-order valence-electron chi connectivity index (χ1n) is 7.05. The number of hydrogen-bond donors (Lipinski definition) is 0. The molecule has 0 aliphatic rings. The maximum atomic E-state index is 5.60. The SMILES string of the molecule is Cc1cccc(-n2ncnc2-c2ccc3nc(C)oc3c2)c1. The Kier molecular flexibility index (Phi) is 2.79. The van der Waals surface area contributed by atoms with Gasteiger partial charge in [-0.3, -0.25) is 0 Å². The Labute approximate surface area is 127 Å². The molecule has 0 N–H and O–H groups in total. The van der Waals surface area contributed by atoms with Crippen LogP contribution >= 0.6 is 0 Å². The van der Waals surface area contributed by atoms with Crippen molar-refractivity contribution < 1.29 is 4.42 Å². The van der Waals surface area contributed by atoms with Crippen LogP contribution in [0.5, 0.6) is 0 Å². The molecule has 4 aromatic rings. The second kappa shape index (κ2) is 4.80. The summed E-state index contributed by atoms with van der Waals surface area (Å²) in [6.45, 7) is 3.90. The molecule has 2 aromatic heterocycles. The lowest BCUT2D eigenvalue weighted by atomic mass is 10.2. The largest absolute Gasteiger partial charge is 0.441 e. The number of aryl methyl sites for hydroxylation is 2. The third-order valence-corrected chi connectivity index (χ3v) is 3.55. The van der Waals surface area contributed by atoms with Crippen LogP contribution < -0.4 is 0 Å². The normalized spacial score (nSPS) is 11.2. The Hall–Kier alpha value is -2.95. The highest BCUT2D eigenvalue weighted by Crippen LogP contribution is 2.25. The molecule has 0 spiro atoms. The summed E-state index contributed by atoms with van der Waals surface area (Å²) in [5.41, 5.74) is 4.72. The minimum Gasteiger partial charge on any atom is -0.441 e. The summed E-state index contributed by atoms with van der Waals surface area (Å²) >= 11 is 0. The molecule has 5 nitrogen and oxygen atoms in total. The molecule has 0 fully saturated rings. The number of oxazole rings is 1. The lowest BCUT2D eigenvalue weighted by molar-refractivity contribution is 0.561. The smallest absolute Gasteiger partial charge is 0.192 e. The van der Waals surface area contributed by atoms with E-state index in [4.69, 9.17) is 4.42 Å². The Bertz CT molecular complexity index is 968. The minimum atomic E-state index is 0.660. The summed E-state index contributed by atoms with van der Waals surface area (Å²) in [6.07, 6.45) is 1.56. The first-order valence-corrected chi connectivity index (χ1v) is 7.05. The zero-order valence-corrected chi connectivity index (χ0v) is 12.3. The molecule has 0 amide bonds. The molecule has 0 bridgehead atoms. The number of rotatable bonds is 2. The Balaban J connectivity index is 1.87. The first kappa shape index (κ1) is 12.8. The summed E-state index contributed by atoms with van der Waals surface area (Å²) in [6, 6.07) is 14.0. The molecule has 0 saturated heterocycles. The molecule has 0 unspecified atom stereocenters. The molecule has 4 rings (SSSR count). The summed E-state index contributed by atoms with van der Waals surface area (Å²) in [5.74, 6) is 1.44. The molecular formula is C17H14N4O. The van der Waals surface area contributed by atoms with E-state index in [9.17, 15) is 0 Å². The van der Waals surface area contributed by atoms with Crippen molar-refractivity contribution in [2.24, 2.45) is 0 Å². The summed E-state index contributed by atoms with van der Waals surface area (Å²) in [5, 5.41) is 4.35. The van der Waals surface area contributed by atoms with Crippen LogP contribution in [-0.2, 0) is 0 Å². The van der Waals surface area contributed by atoms with Gasteiger partial charge in [-0.15, -0.1) is 0 Å². The molecule has 0 aliphatic carbocycles. The van der Waals surface area contributed by atoms with Crippen molar-refractivity contribution in [3.05, 3.63) is 60.2 Å². The van der Waals surface area contributed by atoms with Crippen molar-refractivity contribution in [3.8, 4) is 17.1 Å². The minimum absolute atomic E-state index is 0.660. The van der Waals surface area contributed by atoms with E-state index in [2.05, 4.69) is 34.1 Å². The molecule has 0 radical (unpaired) electrons. The quantitative estimate of drug-likeness (QED) is 0.565. The summed E-state index contributed by atoms with van der Waals surface area (Å²) in [7, 11) is 0. The zero-order chi connectivity index (χ0) is 15.1. The van der Waals surface area contributed by atoms with Crippen LogP contribution in [0.15, 0.2) is 53.2 Å². The van der Waals surface area contributed by atoms with Gasteiger partial charge >= 0.3 is 0 Å². The monoisotopic (exact) mass is 290 g/mol. The number of nitrogens with zero attached hydrogens (tertiary/aromatic N) is 4. The van der Waals surface area contributed by atoms with E-state index >= 15 is 0 Å². The highest BCUT2D eigenvalue weighted by atomic mass is 16.3. The maximum absolute atomic E-state index is 5.60. The molecule has 0 aliphatic heterocycles. The van der Waals surface area contributed by atoms with Crippen LogP contribution in [0.25, 0.3) is 28.2 Å². The van der Waals surface area contributed by atoms with Gasteiger partial charge in [0.15, 0.2) is 17.3 Å². The van der Waals surface area contributed by atoms with Gasteiger partial charge in [0.05, 0.1) is 5.69 Å². The van der Waals surface area contributed by atoms with E-state index < -0.39 is 0 Å². The number of aromatic nitrogens is 4. The average molecular weight is 290 g/mol. The first-order chi connectivity index (χ1) is 10.7. The fourth-order valence-electron chi connectivity index (χ4n) is 2.57. The Morgan fingerprint density at radius 2 is 1.95 bits per heavy atom. The second-order valence-corrected chi connectivity index (χ2v) is 5.25. The number of benzene rings is 2. The molecule has 0 atom stereocenters. The van der Waals surface area contributed by atoms with Gasteiger partial charge in [-0.05, 0) is 42.8 Å². The van der Waals surface area contributed by atoms with Gasteiger partial charge < -0.3 is 4.42 Å². The standard InChI is InChI=1S/C17H14N4O/c1-11-4-3-5-14(8-11)21-17(18-10-19-21)13-6-7-15-16(9-13)22-12(2)20-15/h3-10H,1-2H3. The molecule has 22 heavy (non-hydrogen) atoms. The predicted octanol–water partition coefficient (Wildman–Crippen LogP) is 3.69. The van der Waals surface area contributed by atoms with Gasteiger partial charge in [0.1, 0.15) is 11.8 Å². The maximum Gasteiger partial charge on any atom is 0.192 e. The fourth-order valence-corrected chi connectivity index (χ4v) is 2.57. The molecule has 5 heteroatoms. The van der Waals surface area contributed by atoms with Gasteiger partial charge in [0, 0.05) is 12.5 Å². The van der Waals surface area contributed by atoms with Crippen LogP contribution in [0.4, 0.5) is 0 Å². The van der Waals surface area contributed by atoms with Crippen molar-refractivity contribution in [3.63, 3.8) is 0 Å². The van der Waals surface area contributed by atoms with Crippen molar-refractivity contribution in [1.29, 1.82) is 0 Å². The molecule has 0 saturated carbocycles. The molecular weight excluding hydrogens is 276 g/mol. The lowest BCUT2D eigenvalue weighted by Crippen LogP contribution is -1.99. The number of hydrogen-bond acceptors (Lipinski definition) is 4. The Morgan fingerprint density at radius 3 is 2.82 bits per heavy atom. The molecule has 2 aromatic carbocycles. The lowest BCUT2D eigenvalue weighted by Gasteiger charge is -2.06. The van der Waals surface area contributed by atoms with E-state index in [-0.39, 0.29) is 0 Å². The topological polar surface area (TPSA) is 56.7 Å². The van der Waals surface area contributed by atoms with Crippen LogP contribution in [0.3, 0.4) is 0 Å².